The van der Waals surface area contributed by atoms with Gasteiger partial charge in [0.1, 0.15) is 0 Å². The zero-order valence-electron chi connectivity index (χ0n) is 48.8. The molecular weight excluding hydrogens is 845 g/mol. The fourth-order valence-electron chi connectivity index (χ4n) is 12.3. The highest BCUT2D eigenvalue weighted by molar-refractivity contribution is 4.82. The van der Waals surface area contributed by atoms with Gasteiger partial charge in [-0.05, 0) is 199 Å². The minimum Gasteiger partial charge on any atom is -0.328 e. The molecule has 0 heterocycles. The molecule has 18 unspecified atom stereocenters. The van der Waals surface area contributed by atoms with Crippen LogP contribution in [0.2, 0.25) is 0 Å². The van der Waals surface area contributed by atoms with Gasteiger partial charge in [0.15, 0.2) is 0 Å². The molecule has 8 nitrogen and oxygen atoms in total. The zero-order valence-corrected chi connectivity index (χ0v) is 48.8. The second-order valence-corrected chi connectivity index (χ2v) is 26.5. The van der Waals surface area contributed by atoms with Gasteiger partial charge in [0.2, 0.25) is 0 Å². The average molecular weight is 976 g/mol. The number of hydrogen-bond acceptors (Lipinski definition) is 8. The molecule has 0 bridgehead atoms. The average Bonchev–Trinajstić information content (AvgIpc) is 3.29. The smallest absolute Gasteiger partial charge is 0.00903 e. The fourth-order valence-corrected chi connectivity index (χ4v) is 12.3. The topological polar surface area (TPSA) is 208 Å². The molecular formula is C61H130N8. The maximum absolute atomic E-state index is 5.92. The summed E-state index contributed by atoms with van der Waals surface area (Å²) in [7, 11) is 0. The van der Waals surface area contributed by atoms with E-state index in [9.17, 15) is 0 Å². The van der Waals surface area contributed by atoms with E-state index in [1.54, 1.807) is 0 Å². The lowest BCUT2D eigenvalue weighted by Gasteiger charge is -2.31. The van der Waals surface area contributed by atoms with Crippen molar-refractivity contribution in [3.05, 3.63) is 0 Å². The Kier molecular flexibility index (Phi) is 36.2. The Morgan fingerprint density at radius 2 is 0.638 bits per heavy atom. The van der Waals surface area contributed by atoms with Gasteiger partial charge < -0.3 is 45.9 Å². The molecule has 8 fully saturated rings. The summed E-state index contributed by atoms with van der Waals surface area (Å²) in [6.45, 7) is 29.7. The molecule has 0 aromatic carbocycles. The molecule has 0 aromatic rings. The molecule has 0 radical (unpaired) electrons. The fraction of sp³-hybridized carbons (Fsp3) is 1.00. The van der Waals surface area contributed by atoms with E-state index in [-0.39, 0.29) is 0 Å². The van der Waals surface area contributed by atoms with Crippen molar-refractivity contribution < 1.29 is 0 Å². The Labute approximate surface area is 432 Å². The first-order chi connectivity index (χ1) is 32.4. The SMILES string of the molecule is CC1CCC(C)C(N)C1.CC1CCC(N)C(C)C1.CC1CCC(N)CC1.CC1CCC(N)CC1C.CC1CCCC(C)C1N.CC1CCCC(N)C1.CC1CCCC(N)C1C.CC1CCCCC1N. The van der Waals surface area contributed by atoms with Crippen molar-refractivity contribution in [2.45, 2.75) is 312 Å². The summed E-state index contributed by atoms with van der Waals surface area (Å²) in [5, 5.41) is 0. The van der Waals surface area contributed by atoms with Crippen LogP contribution in [0, 0.1) is 76.9 Å². The predicted octanol–water partition coefficient (Wildman–Crippen LogP) is 13.4. The molecule has 69 heavy (non-hydrogen) atoms. The molecule has 8 aliphatic carbocycles. The molecule has 8 saturated carbocycles. The molecule has 18 atom stereocenters. The van der Waals surface area contributed by atoms with Crippen LogP contribution < -0.4 is 45.9 Å². The zero-order chi connectivity index (χ0) is 52.2. The summed E-state index contributed by atoms with van der Waals surface area (Å²) < 4.78 is 0. The van der Waals surface area contributed by atoms with E-state index in [1.165, 1.54) is 173 Å². The van der Waals surface area contributed by atoms with Crippen LogP contribution in [0.15, 0.2) is 0 Å². The normalized spacial score (nSPS) is 43.2. The third-order valence-corrected chi connectivity index (χ3v) is 19.3. The van der Waals surface area contributed by atoms with Gasteiger partial charge >= 0.3 is 0 Å². The standard InChI is InChI=1S/5C8H17N.3C7H15N/c1-6-3-4-8(9)5-7(6)2;1-6-3-4-8(9)7(2)5-6;1-6-3-4-7(2)8(9)5-6;1-6-4-3-5-8(9)7(6)2;1-6-4-3-5-7(2)8(6)9;1-6-2-4-7(8)5-3-6;1-6-3-2-4-7(8)5-6;1-6-4-2-3-5-7(6)8/h5*6-8H,3-5,9H2,1-2H3;3*6-7H,2-5,8H2,1H3. The number of nitrogens with two attached hydrogens (primary N) is 8. The van der Waals surface area contributed by atoms with Gasteiger partial charge in [-0.2, -0.15) is 0 Å². The van der Waals surface area contributed by atoms with Gasteiger partial charge in [0, 0.05) is 48.3 Å². The van der Waals surface area contributed by atoms with E-state index < -0.39 is 0 Å². The second-order valence-electron chi connectivity index (χ2n) is 26.5. The molecule has 8 rings (SSSR count). The first-order valence-corrected chi connectivity index (χ1v) is 30.5. The van der Waals surface area contributed by atoms with Gasteiger partial charge in [0.05, 0.1) is 0 Å². The monoisotopic (exact) mass is 975 g/mol. The number of rotatable bonds is 0. The second kappa shape index (κ2) is 37.4. The van der Waals surface area contributed by atoms with Crippen molar-refractivity contribution >= 4 is 0 Å². The van der Waals surface area contributed by atoms with Crippen molar-refractivity contribution in [2.75, 3.05) is 0 Å². The van der Waals surface area contributed by atoms with Crippen LogP contribution in [0.1, 0.15) is 263 Å². The lowest BCUT2D eigenvalue weighted by molar-refractivity contribution is 0.240. The van der Waals surface area contributed by atoms with Crippen LogP contribution in [0.25, 0.3) is 0 Å². The lowest BCUT2D eigenvalue weighted by atomic mass is 9.78. The molecule has 0 spiro atoms. The van der Waals surface area contributed by atoms with Crippen LogP contribution in [0.5, 0.6) is 0 Å². The Balaban J connectivity index is 0.000000394. The molecule has 0 aromatic heterocycles. The van der Waals surface area contributed by atoms with Crippen molar-refractivity contribution in [3.8, 4) is 0 Å². The van der Waals surface area contributed by atoms with Crippen LogP contribution in [0.4, 0.5) is 0 Å². The summed E-state index contributed by atoms with van der Waals surface area (Å²) in [4.78, 5) is 0. The third kappa shape index (κ3) is 30.6. The summed E-state index contributed by atoms with van der Waals surface area (Å²) in [6, 6.07) is 3.95. The van der Waals surface area contributed by atoms with Gasteiger partial charge in [0.25, 0.3) is 0 Å². The maximum atomic E-state index is 5.92. The lowest BCUT2D eigenvalue weighted by Crippen LogP contribution is -2.37. The third-order valence-electron chi connectivity index (χ3n) is 19.3. The van der Waals surface area contributed by atoms with Crippen LogP contribution >= 0.6 is 0 Å². The summed E-state index contributed by atoms with van der Waals surface area (Å²) in [5.41, 5.74) is 46.5. The van der Waals surface area contributed by atoms with Gasteiger partial charge in [-0.25, -0.2) is 0 Å². The van der Waals surface area contributed by atoms with Gasteiger partial charge in [-0.15, -0.1) is 0 Å². The quantitative estimate of drug-likeness (QED) is 0.117. The Hall–Kier alpha value is -0.320. The van der Waals surface area contributed by atoms with Crippen LogP contribution in [-0.2, 0) is 0 Å². The molecule has 8 heteroatoms. The van der Waals surface area contributed by atoms with Crippen LogP contribution in [0.3, 0.4) is 0 Å². The highest BCUT2D eigenvalue weighted by Gasteiger charge is 2.26. The molecule has 0 amide bonds. The molecule has 8 aliphatic rings. The van der Waals surface area contributed by atoms with E-state index in [0.29, 0.717) is 48.3 Å². The van der Waals surface area contributed by atoms with E-state index in [2.05, 4.69) is 90.0 Å². The van der Waals surface area contributed by atoms with Crippen molar-refractivity contribution in [3.63, 3.8) is 0 Å². The molecule has 0 aliphatic heterocycles. The first-order valence-electron chi connectivity index (χ1n) is 30.5. The number of hydrogen-bond donors (Lipinski definition) is 8. The van der Waals surface area contributed by atoms with E-state index in [0.717, 1.165) is 76.9 Å². The van der Waals surface area contributed by atoms with E-state index in [1.807, 2.05) is 0 Å². The molecule has 16 N–H and O–H groups in total. The summed E-state index contributed by atoms with van der Waals surface area (Å²) in [6.07, 6.45) is 35.5. The summed E-state index contributed by atoms with van der Waals surface area (Å²) >= 11 is 0. The molecule has 414 valence electrons. The predicted molar refractivity (Wildman–Crippen MR) is 308 cm³/mol. The van der Waals surface area contributed by atoms with E-state index in [4.69, 9.17) is 45.9 Å². The molecule has 0 saturated heterocycles. The highest BCUT2D eigenvalue weighted by Crippen LogP contribution is 2.31. The highest BCUT2D eigenvalue weighted by atomic mass is 14.7. The van der Waals surface area contributed by atoms with E-state index >= 15 is 0 Å². The minimum atomic E-state index is 0.471. The van der Waals surface area contributed by atoms with Crippen LogP contribution in [-0.4, -0.2) is 48.3 Å². The summed E-state index contributed by atoms with van der Waals surface area (Å²) in [5.74, 6) is 10.8. The Bertz CT molecular complexity index is 1070. The maximum Gasteiger partial charge on any atom is 0.00903 e. The first kappa shape index (κ1) is 66.7. The minimum absolute atomic E-state index is 0.471. The van der Waals surface area contributed by atoms with Crippen molar-refractivity contribution in [1.82, 2.24) is 0 Å². The Morgan fingerprint density at radius 3 is 1.04 bits per heavy atom. The van der Waals surface area contributed by atoms with Crippen molar-refractivity contribution in [1.29, 1.82) is 0 Å². The van der Waals surface area contributed by atoms with Gasteiger partial charge in [-0.3, -0.25) is 0 Å². The van der Waals surface area contributed by atoms with Crippen molar-refractivity contribution in [2.24, 2.45) is 123 Å². The Morgan fingerprint density at radius 1 is 0.217 bits per heavy atom. The van der Waals surface area contributed by atoms with Gasteiger partial charge in [-0.1, -0.05) is 141 Å². The largest absolute Gasteiger partial charge is 0.328 e.